The lowest BCUT2D eigenvalue weighted by atomic mass is 10.1. The molecule has 1 fully saturated rings. The first-order chi connectivity index (χ1) is 13.7. The van der Waals surface area contributed by atoms with Gasteiger partial charge in [0.1, 0.15) is 0 Å². The van der Waals surface area contributed by atoms with E-state index in [1.54, 1.807) is 24.3 Å². The molecule has 12 heteroatoms. The fourth-order valence-corrected chi connectivity index (χ4v) is 3.79. The quantitative estimate of drug-likeness (QED) is 0.381. The van der Waals surface area contributed by atoms with E-state index in [0.29, 0.717) is 27.9 Å². The zero-order valence-electron chi connectivity index (χ0n) is 14.3. The summed E-state index contributed by atoms with van der Waals surface area (Å²) < 4.78 is 0.704. The first-order valence-corrected chi connectivity index (χ1v) is 9.44. The SMILES string of the molecule is O=C1S/C(=C\c2cc([N+](=O)[O-])cc([N+](=O)[O-])c2O)C(=O)N1Cc1ccccc1Br. The molecule has 0 radical (unpaired) electrons. The number of hydrogen-bond donors (Lipinski definition) is 1. The molecule has 0 saturated carbocycles. The van der Waals surface area contributed by atoms with Crippen molar-refractivity contribution in [3.8, 4) is 5.75 Å². The molecular formula is C17H10BrN3O7S. The number of non-ortho nitro benzene ring substituents is 1. The number of imide groups is 1. The monoisotopic (exact) mass is 479 g/mol. The van der Waals surface area contributed by atoms with Gasteiger partial charge in [0.2, 0.25) is 5.75 Å². The topological polar surface area (TPSA) is 144 Å². The van der Waals surface area contributed by atoms with E-state index in [1.807, 2.05) is 0 Å². The van der Waals surface area contributed by atoms with Crippen molar-refractivity contribution >= 4 is 56.3 Å². The van der Waals surface area contributed by atoms with Crippen LogP contribution in [0.4, 0.5) is 16.2 Å². The maximum atomic E-state index is 12.6. The average molecular weight is 480 g/mol. The van der Waals surface area contributed by atoms with Gasteiger partial charge in [-0.05, 0) is 29.5 Å². The summed E-state index contributed by atoms with van der Waals surface area (Å²) in [6.07, 6.45) is 1.03. The Morgan fingerprint density at radius 1 is 1.14 bits per heavy atom. The van der Waals surface area contributed by atoms with Gasteiger partial charge in [-0.15, -0.1) is 0 Å². The Hall–Kier alpha value is -3.25. The summed E-state index contributed by atoms with van der Waals surface area (Å²) in [4.78, 5) is 46.0. The van der Waals surface area contributed by atoms with Gasteiger partial charge < -0.3 is 5.11 Å². The summed E-state index contributed by atoms with van der Waals surface area (Å²) in [7, 11) is 0. The van der Waals surface area contributed by atoms with Crippen molar-refractivity contribution < 1.29 is 24.5 Å². The number of nitrogens with zero attached hydrogens (tertiary/aromatic N) is 3. The Labute approximate surface area is 175 Å². The van der Waals surface area contributed by atoms with Crippen LogP contribution in [0, 0.1) is 20.2 Å². The van der Waals surface area contributed by atoms with Crippen molar-refractivity contribution in [2.75, 3.05) is 0 Å². The highest BCUT2D eigenvalue weighted by molar-refractivity contribution is 9.10. The zero-order valence-corrected chi connectivity index (χ0v) is 16.7. The molecular weight excluding hydrogens is 470 g/mol. The van der Waals surface area contributed by atoms with Crippen molar-refractivity contribution in [3.05, 3.63) is 77.1 Å². The summed E-state index contributed by atoms with van der Waals surface area (Å²) in [5.74, 6) is -1.51. The summed E-state index contributed by atoms with van der Waals surface area (Å²) in [6.45, 7) is -0.00943. The molecule has 0 bridgehead atoms. The number of halogens is 1. The third kappa shape index (κ3) is 4.12. The number of thioether (sulfide) groups is 1. The number of nitro groups is 2. The van der Waals surface area contributed by atoms with E-state index in [9.17, 15) is 34.9 Å². The Morgan fingerprint density at radius 2 is 1.83 bits per heavy atom. The summed E-state index contributed by atoms with van der Waals surface area (Å²) in [5.41, 5.74) is -1.13. The van der Waals surface area contributed by atoms with Crippen LogP contribution in [-0.2, 0) is 11.3 Å². The zero-order chi connectivity index (χ0) is 21.3. The first kappa shape index (κ1) is 20.5. The number of phenols is 1. The Balaban J connectivity index is 1.98. The van der Waals surface area contributed by atoms with E-state index in [2.05, 4.69) is 15.9 Å². The van der Waals surface area contributed by atoms with Crippen LogP contribution in [0.5, 0.6) is 5.75 Å². The van der Waals surface area contributed by atoms with Crippen molar-refractivity contribution in [3.63, 3.8) is 0 Å². The largest absolute Gasteiger partial charge is 0.502 e. The molecule has 1 heterocycles. The summed E-state index contributed by atoms with van der Waals surface area (Å²) >= 11 is 3.90. The summed E-state index contributed by atoms with van der Waals surface area (Å²) in [6, 6.07) is 8.52. The predicted molar refractivity (Wildman–Crippen MR) is 107 cm³/mol. The molecule has 1 aliphatic rings. The van der Waals surface area contributed by atoms with Crippen LogP contribution in [0.15, 0.2) is 45.8 Å². The van der Waals surface area contributed by atoms with Crippen molar-refractivity contribution in [2.24, 2.45) is 0 Å². The Morgan fingerprint density at radius 3 is 2.45 bits per heavy atom. The van der Waals surface area contributed by atoms with Crippen LogP contribution >= 0.6 is 27.7 Å². The third-order valence-corrected chi connectivity index (χ3v) is 5.64. The number of aromatic hydroxyl groups is 1. The number of hydrogen-bond acceptors (Lipinski definition) is 8. The lowest BCUT2D eigenvalue weighted by molar-refractivity contribution is -0.394. The van der Waals surface area contributed by atoms with Crippen LogP contribution in [0.2, 0.25) is 0 Å². The molecule has 2 amide bonds. The molecule has 1 saturated heterocycles. The van der Waals surface area contributed by atoms with Gasteiger partial charge in [-0.1, -0.05) is 34.1 Å². The predicted octanol–water partition coefficient (Wildman–Crippen LogP) is 4.21. The van der Waals surface area contributed by atoms with E-state index >= 15 is 0 Å². The van der Waals surface area contributed by atoms with Crippen LogP contribution < -0.4 is 0 Å². The van der Waals surface area contributed by atoms with Gasteiger partial charge in [-0.25, -0.2) is 0 Å². The smallest absolute Gasteiger partial charge is 0.318 e. The molecule has 3 rings (SSSR count). The maximum absolute atomic E-state index is 12.6. The maximum Gasteiger partial charge on any atom is 0.318 e. The van der Waals surface area contributed by atoms with E-state index < -0.39 is 38.1 Å². The van der Waals surface area contributed by atoms with Gasteiger partial charge in [-0.2, -0.15) is 0 Å². The minimum Gasteiger partial charge on any atom is -0.502 e. The molecule has 0 spiro atoms. The number of carbonyl (C=O) groups excluding carboxylic acids is 2. The molecule has 10 nitrogen and oxygen atoms in total. The number of phenolic OH excluding ortho intramolecular Hbond substituents is 1. The van der Waals surface area contributed by atoms with Crippen molar-refractivity contribution in [2.45, 2.75) is 6.54 Å². The van der Waals surface area contributed by atoms with E-state index in [4.69, 9.17) is 0 Å². The minimum absolute atomic E-state index is 0.00943. The second kappa shape index (κ2) is 8.01. The van der Waals surface area contributed by atoms with Gasteiger partial charge in [0.05, 0.1) is 27.4 Å². The van der Waals surface area contributed by atoms with Crippen LogP contribution in [0.3, 0.4) is 0 Å². The van der Waals surface area contributed by atoms with Crippen molar-refractivity contribution in [1.29, 1.82) is 0 Å². The number of carbonyl (C=O) groups is 2. The second-order valence-corrected chi connectivity index (χ2v) is 7.62. The van der Waals surface area contributed by atoms with Gasteiger partial charge in [0, 0.05) is 16.1 Å². The van der Waals surface area contributed by atoms with Gasteiger partial charge >= 0.3 is 5.69 Å². The normalized spacial score (nSPS) is 15.2. The fraction of sp³-hybridized carbons (Fsp3) is 0.0588. The highest BCUT2D eigenvalue weighted by atomic mass is 79.9. The molecule has 2 aromatic rings. The molecule has 1 N–H and O–H groups in total. The van der Waals surface area contributed by atoms with Gasteiger partial charge in [-0.3, -0.25) is 34.7 Å². The van der Waals surface area contributed by atoms with Gasteiger partial charge in [0.15, 0.2) is 0 Å². The molecule has 1 aliphatic heterocycles. The lowest BCUT2D eigenvalue weighted by Gasteiger charge is -2.13. The molecule has 0 aromatic heterocycles. The standard InChI is InChI=1S/C17H10BrN3O7S/c18-12-4-2-1-3-9(12)8-19-16(23)14(29-17(19)24)6-10-5-11(20(25)26)7-13(15(10)22)21(27)28/h1-7,22H,8H2/b14-6-. The average Bonchev–Trinajstić information content (AvgIpc) is 2.92. The van der Waals surface area contributed by atoms with E-state index in [-0.39, 0.29) is 17.0 Å². The molecule has 0 aliphatic carbocycles. The highest BCUT2D eigenvalue weighted by Crippen LogP contribution is 2.39. The Bertz CT molecular complexity index is 1100. The summed E-state index contributed by atoms with van der Waals surface area (Å²) in [5, 5.41) is 31.6. The van der Waals surface area contributed by atoms with E-state index in [1.165, 1.54) is 0 Å². The van der Waals surface area contributed by atoms with Crippen molar-refractivity contribution in [1.82, 2.24) is 4.90 Å². The molecule has 0 unspecified atom stereocenters. The Kier molecular flexibility index (Phi) is 5.66. The molecule has 148 valence electrons. The number of amides is 2. The first-order valence-electron chi connectivity index (χ1n) is 7.83. The number of nitro benzene ring substituents is 2. The number of rotatable bonds is 5. The van der Waals surface area contributed by atoms with E-state index in [0.717, 1.165) is 17.0 Å². The highest BCUT2D eigenvalue weighted by Gasteiger charge is 2.36. The minimum atomic E-state index is -0.974. The lowest BCUT2D eigenvalue weighted by Crippen LogP contribution is -2.27. The molecule has 2 aromatic carbocycles. The van der Waals surface area contributed by atoms with Crippen LogP contribution in [-0.4, -0.2) is 31.0 Å². The molecule has 0 atom stereocenters. The van der Waals surface area contributed by atoms with Crippen LogP contribution in [0.1, 0.15) is 11.1 Å². The van der Waals surface area contributed by atoms with Gasteiger partial charge in [0.25, 0.3) is 16.8 Å². The third-order valence-electron chi connectivity index (χ3n) is 3.96. The fourth-order valence-electron chi connectivity index (χ4n) is 2.55. The van der Waals surface area contributed by atoms with Crippen LogP contribution in [0.25, 0.3) is 6.08 Å². The molecule has 29 heavy (non-hydrogen) atoms. The number of benzene rings is 2. The second-order valence-electron chi connectivity index (χ2n) is 5.78.